The number of aryl methyl sites for hydroxylation is 1. The molecule has 1 saturated heterocycles. The van der Waals surface area contributed by atoms with Crippen LogP contribution in [0.5, 0.6) is 0 Å². The highest BCUT2D eigenvalue weighted by atomic mass is 32.2. The largest absolute Gasteiger partial charge is 0.356 e. The summed E-state index contributed by atoms with van der Waals surface area (Å²) in [5.41, 5.74) is 2.06. The van der Waals surface area contributed by atoms with Gasteiger partial charge in [-0.25, -0.2) is 13.4 Å². The van der Waals surface area contributed by atoms with Crippen LogP contribution in [0.15, 0.2) is 78.0 Å². The predicted molar refractivity (Wildman–Crippen MR) is 133 cm³/mol. The van der Waals surface area contributed by atoms with Gasteiger partial charge in [0.05, 0.1) is 22.3 Å². The van der Waals surface area contributed by atoms with Crippen LogP contribution in [0.2, 0.25) is 0 Å². The fraction of sp³-hybridized carbons (Fsp3) is 0.308. The molecule has 0 radical (unpaired) electrons. The van der Waals surface area contributed by atoms with Crippen molar-refractivity contribution in [1.29, 1.82) is 0 Å². The van der Waals surface area contributed by atoms with Crippen LogP contribution < -0.4 is 5.32 Å². The van der Waals surface area contributed by atoms with Gasteiger partial charge < -0.3 is 9.88 Å². The highest BCUT2D eigenvalue weighted by Gasteiger charge is 2.32. The van der Waals surface area contributed by atoms with E-state index in [0.29, 0.717) is 37.4 Å². The molecule has 34 heavy (non-hydrogen) atoms. The van der Waals surface area contributed by atoms with Crippen LogP contribution in [-0.4, -0.2) is 47.8 Å². The van der Waals surface area contributed by atoms with Gasteiger partial charge in [-0.1, -0.05) is 42.5 Å². The fourth-order valence-corrected chi connectivity index (χ4v) is 6.13. The maximum absolute atomic E-state index is 13.1. The van der Waals surface area contributed by atoms with Gasteiger partial charge in [0.1, 0.15) is 0 Å². The lowest BCUT2D eigenvalue weighted by atomic mass is 9.97. The Bertz CT molecular complexity index is 1420. The number of para-hydroxylation sites is 2. The molecular weight excluding hydrogens is 448 g/mol. The number of nitrogens with zero attached hydrogens (tertiary/aromatic N) is 3. The third-order valence-corrected chi connectivity index (χ3v) is 8.48. The van der Waals surface area contributed by atoms with E-state index in [0.717, 1.165) is 34.8 Å². The van der Waals surface area contributed by atoms with Gasteiger partial charge in [-0.3, -0.25) is 4.79 Å². The third kappa shape index (κ3) is 4.56. The molecule has 2 heterocycles. The highest BCUT2D eigenvalue weighted by molar-refractivity contribution is 7.89. The Morgan fingerprint density at radius 2 is 1.71 bits per heavy atom. The van der Waals surface area contributed by atoms with Crippen molar-refractivity contribution in [2.45, 2.75) is 30.7 Å². The van der Waals surface area contributed by atoms with Crippen molar-refractivity contribution >= 4 is 37.7 Å². The average molecular weight is 477 g/mol. The minimum Gasteiger partial charge on any atom is -0.356 e. The minimum absolute atomic E-state index is 0.0123. The summed E-state index contributed by atoms with van der Waals surface area (Å²) in [4.78, 5) is 17.3. The number of carbonyl (C=O) groups is 1. The van der Waals surface area contributed by atoms with Crippen molar-refractivity contribution in [1.82, 2.24) is 19.2 Å². The molecule has 0 spiro atoms. The zero-order chi connectivity index (χ0) is 23.5. The van der Waals surface area contributed by atoms with Crippen LogP contribution in [0.1, 0.15) is 19.3 Å². The Labute approximate surface area is 199 Å². The Kier molecular flexibility index (Phi) is 6.34. The summed E-state index contributed by atoms with van der Waals surface area (Å²) in [6, 6.07) is 21.0. The van der Waals surface area contributed by atoms with E-state index < -0.39 is 10.0 Å². The summed E-state index contributed by atoms with van der Waals surface area (Å²) in [5.74, 6) is -0.143. The number of carbonyl (C=O) groups excluding carboxylic acids is 1. The molecule has 0 unspecified atom stereocenters. The molecule has 176 valence electrons. The molecule has 1 N–H and O–H groups in total. The molecule has 0 bridgehead atoms. The van der Waals surface area contributed by atoms with Crippen molar-refractivity contribution in [3.63, 3.8) is 0 Å². The van der Waals surface area contributed by atoms with E-state index >= 15 is 0 Å². The molecule has 0 aliphatic carbocycles. The van der Waals surface area contributed by atoms with Crippen LogP contribution in [0.3, 0.4) is 0 Å². The summed E-state index contributed by atoms with van der Waals surface area (Å²) in [6.45, 7) is 2.08. The number of amides is 1. The maximum Gasteiger partial charge on any atom is 0.243 e. The number of hydrogen-bond acceptors (Lipinski definition) is 4. The van der Waals surface area contributed by atoms with Gasteiger partial charge in [0.15, 0.2) is 0 Å². The second-order valence-corrected chi connectivity index (χ2v) is 10.7. The van der Waals surface area contributed by atoms with Crippen molar-refractivity contribution < 1.29 is 13.2 Å². The quantitative estimate of drug-likeness (QED) is 0.411. The number of sulfonamides is 1. The van der Waals surface area contributed by atoms with Crippen LogP contribution in [0.25, 0.3) is 21.8 Å². The van der Waals surface area contributed by atoms with E-state index in [-0.39, 0.29) is 11.8 Å². The lowest BCUT2D eigenvalue weighted by Crippen LogP contribution is -2.43. The predicted octanol–water partition coefficient (Wildman–Crippen LogP) is 3.80. The van der Waals surface area contributed by atoms with E-state index in [1.165, 1.54) is 4.31 Å². The number of hydrogen-bond donors (Lipinski definition) is 1. The number of fused-ring (bicyclic) bond motifs is 2. The molecule has 1 fully saturated rings. The first kappa shape index (κ1) is 22.6. The van der Waals surface area contributed by atoms with Crippen LogP contribution in [-0.2, 0) is 21.4 Å². The standard InChI is InChI=1S/C26H28N4O3S/c31-26(27-14-5-15-29-19-28-24-8-3-4-9-25(24)29)21-12-16-30(17-13-21)34(32,33)23-11-10-20-6-1-2-7-22(20)18-23/h1-4,6-11,18-19,21H,5,12-17H2,(H,27,31). The van der Waals surface area contributed by atoms with Crippen LogP contribution in [0.4, 0.5) is 0 Å². The topological polar surface area (TPSA) is 84.3 Å². The first-order chi connectivity index (χ1) is 16.5. The number of piperidine rings is 1. The number of aromatic nitrogens is 2. The molecular formula is C26H28N4O3S. The fourth-order valence-electron chi connectivity index (χ4n) is 4.63. The van der Waals surface area contributed by atoms with Gasteiger partial charge >= 0.3 is 0 Å². The lowest BCUT2D eigenvalue weighted by molar-refractivity contribution is -0.126. The number of benzene rings is 3. The molecule has 0 saturated carbocycles. The smallest absolute Gasteiger partial charge is 0.243 e. The zero-order valence-electron chi connectivity index (χ0n) is 18.9. The summed E-state index contributed by atoms with van der Waals surface area (Å²) in [5, 5.41) is 4.94. The molecule has 3 aromatic carbocycles. The van der Waals surface area contributed by atoms with Crippen LogP contribution in [0, 0.1) is 5.92 Å². The van der Waals surface area contributed by atoms with E-state index in [2.05, 4.69) is 14.9 Å². The van der Waals surface area contributed by atoms with Gasteiger partial charge in [-0.05, 0) is 54.3 Å². The van der Waals surface area contributed by atoms with Gasteiger partial charge in [0, 0.05) is 32.1 Å². The zero-order valence-corrected chi connectivity index (χ0v) is 19.7. The maximum atomic E-state index is 13.1. The molecule has 1 amide bonds. The minimum atomic E-state index is -3.57. The molecule has 1 aliphatic rings. The molecule has 0 atom stereocenters. The van der Waals surface area contributed by atoms with Crippen molar-refractivity contribution in [3.05, 3.63) is 73.1 Å². The molecule has 5 rings (SSSR count). The van der Waals surface area contributed by atoms with Crippen molar-refractivity contribution in [3.8, 4) is 0 Å². The number of imidazole rings is 1. The van der Waals surface area contributed by atoms with Gasteiger partial charge in [-0.2, -0.15) is 4.31 Å². The first-order valence-corrected chi connectivity index (χ1v) is 13.1. The normalized spacial score (nSPS) is 15.6. The summed E-state index contributed by atoms with van der Waals surface area (Å²) in [6.07, 6.45) is 3.70. The van der Waals surface area contributed by atoms with E-state index in [1.807, 2.05) is 60.9 Å². The Morgan fingerprint density at radius 1 is 0.971 bits per heavy atom. The SMILES string of the molecule is O=C(NCCCn1cnc2ccccc21)C1CCN(S(=O)(=O)c2ccc3ccccc3c2)CC1. The Balaban J connectivity index is 1.12. The van der Waals surface area contributed by atoms with Crippen molar-refractivity contribution in [2.24, 2.45) is 5.92 Å². The van der Waals surface area contributed by atoms with Crippen LogP contribution >= 0.6 is 0 Å². The second-order valence-electron chi connectivity index (χ2n) is 8.76. The molecule has 4 aromatic rings. The Hall–Kier alpha value is -3.23. The summed E-state index contributed by atoms with van der Waals surface area (Å²) >= 11 is 0. The lowest BCUT2D eigenvalue weighted by Gasteiger charge is -2.30. The molecule has 7 nitrogen and oxygen atoms in total. The summed E-state index contributed by atoms with van der Waals surface area (Å²) < 4.78 is 29.9. The third-order valence-electron chi connectivity index (χ3n) is 6.59. The van der Waals surface area contributed by atoms with E-state index in [9.17, 15) is 13.2 Å². The second kappa shape index (κ2) is 9.56. The van der Waals surface area contributed by atoms with Crippen molar-refractivity contribution in [2.75, 3.05) is 19.6 Å². The average Bonchev–Trinajstić information content (AvgIpc) is 3.29. The van der Waals surface area contributed by atoms with Gasteiger partial charge in [0.25, 0.3) is 0 Å². The Morgan fingerprint density at radius 3 is 2.53 bits per heavy atom. The monoisotopic (exact) mass is 476 g/mol. The summed E-state index contributed by atoms with van der Waals surface area (Å²) in [7, 11) is -3.57. The highest BCUT2D eigenvalue weighted by Crippen LogP contribution is 2.26. The van der Waals surface area contributed by atoms with Gasteiger partial charge in [-0.15, -0.1) is 0 Å². The molecule has 1 aliphatic heterocycles. The number of rotatable bonds is 7. The van der Waals surface area contributed by atoms with E-state index in [4.69, 9.17) is 0 Å². The number of nitrogens with one attached hydrogen (secondary N) is 1. The molecule has 1 aromatic heterocycles. The molecule has 8 heteroatoms. The first-order valence-electron chi connectivity index (χ1n) is 11.7. The van der Waals surface area contributed by atoms with E-state index in [1.54, 1.807) is 12.1 Å². The van der Waals surface area contributed by atoms with Gasteiger partial charge in [0.2, 0.25) is 15.9 Å².